The third-order valence-electron chi connectivity index (χ3n) is 2.23. The van der Waals surface area contributed by atoms with Crippen LogP contribution < -0.4 is 10.6 Å². The number of rotatable bonds is 7. The summed E-state index contributed by atoms with van der Waals surface area (Å²) in [5.41, 5.74) is 0. The molecule has 0 aliphatic carbocycles. The number of carbonyl (C=O) groups is 1. The molecule has 16 heavy (non-hydrogen) atoms. The third kappa shape index (κ3) is 6.32. The minimum atomic E-state index is 0.0250. The molecule has 1 fully saturated rings. The molecular weight excluding hydrogens is 228 g/mol. The second-order valence-electron chi connectivity index (χ2n) is 3.62. The van der Waals surface area contributed by atoms with E-state index in [1.807, 2.05) is 11.8 Å². The van der Waals surface area contributed by atoms with Crippen molar-refractivity contribution < 1.29 is 14.6 Å². The lowest BCUT2D eigenvalue weighted by atomic mass is 10.2. The molecule has 0 spiro atoms. The van der Waals surface area contributed by atoms with Gasteiger partial charge in [-0.15, -0.1) is 0 Å². The molecule has 0 aromatic heterocycles. The first-order valence-electron chi connectivity index (χ1n) is 5.59. The topological polar surface area (TPSA) is 70.6 Å². The van der Waals surface area contributed by atoms with Gasteiger partial charge in [0.25, 0.3) is 0 Å². The van der Waals surface area contributed by atoms with Crippen LogP contribution in [-0.2, 0) is 9.53 Å². The fraction of sp³-hybridized carbons (Fsp3) is 0.900. The van der Waals surface area contributed by atoms with Crippen LogP contribution in [0.15, 0.2) is 0 Å². The van der Waals surface area contributed by atoms with E-state index in [9.17, 15) is 4.79 Å². The van der Waals surface area contributed by atoms with Crippen molar-refractivity contribution in [1.82, 2.24) is 10.6 Å². The average Bonchev–Trinajstić information content (AvgIpc) is 2.30. The Morgan fingerprint density at radius 1 is 1.56 bits per heavy atom. The van der Waals surface area contributed by atoms with Gasteiger partial charge in [0.05, 0.1) is 19.8 Å². The second-order valence-corrected chi connectivity index (χ2v) is 4.77. The zero-order valence-electron chi connectivity index (χ0n) is 9.41. The van der Waals surface area contributed by atoms with Gasteiger partial charge in [0.2, 0.25) is 5.91 Å². The van der Waals surface area contributed by atoms with Gasteiger partial charge in [-0.1, -0.05) is 0 Å². The SMILES string of the molecule is O=C(CC1CSCCN1)NCCOCCO. The molecule has 1 atom stereocenters. The molecule has 1 amide bonds. The number of hydrogen-bond donors (Lipinski definition) is 3. The summed E-state index contributed by atoms with van der Waals surface area (Å²) in [6.45, 7) is 2.31. The van der Waals surface area contributed by atoms with Crippen molar-refractivity contribution >= 4 is 17.7 Å². The summed E-state index contributed by atoms with van der Waals surface area (Å²) in [5.74, 6) is 2.20. The van der Waals surface area contributed by atoms with Gasteiger partial charge >= 0.3 is 0 Å². The molecule has 1 aliphatic heterocycles. The van der Waals surface area contributed by atoms with Crippen LogP contribution in [-0.4, -0.2) is 61.5 Å². The van der Waals surface area contributed by atoms with Crippen LogP contribution in [0.2, 0.25) is 0 Å². The first-order valence-corrected chi connectivity index (χ1v) is 6.75. The number of hydrogen-bond acceptors (Lipinski definition) is 5. The van der Waals surface area contributed by atoms with Crippen molar-refractivity contribution in [2.75, 3.05) is 44.4 Å². The quantitative estimate of drug-likeness (QED) is 0.515. The molecule has 0 aromatic carbocycles. The molecule has 1 aliphatic rings. The van der Waals surface area contributed by atoms with Crippen molar-refractivity contribution in [3.05, 3.63) is 0 Å². The molecule has 94 valence electrons. The van der Waals surface area contributed by atoms with Crippen molar-refractivity contribution in [2.24, 2.45) is 0 Å². The van der Waals surface area contributed by atoms with E-state index < -0.39 is 0 Å². The van der Waals surface area contributed by atoms with E-state index in [-0.39, 0.29) is 12.5 Å². The van der Waals surface area contributed by atoms with E-state index in [2.05, 4.69) is 10.6 Å². The third-order valence-corrected chi connectivity index (χ3v) is 3.37. The van der Waals surface area contributed by atoms with Crippen LogP contribution in [0.25, 0.3) is 0 Å². The summed E-state index contributed by atoms with van der Waals surface area (Å²) in [6, 6.07) is 0.303. The van der Waals surface area contributed by atoms with Crippen LogP contribution in [0, 0.1) is 0 Å². The van der Waals surface area contributed by atoms with Gasteiger partial charge < -0.3 is 20.5 Å². The summed E-state index contributed by atoms with van der Waals surface area (Å²) in [7, 11) is 0. The van der Waals surface area contributed by atoms with Gasteiger partial charge in [0, 0.05) is 37.1 Å². The highest BCUT2D eigenvalue weighted by Crippen LogP contribution is 2.09. The lowest BCUT2D eigenvalue weighted by Gasteiger charge is -2.22. The van der Waals surface area contributed by atoms with E-state index in [4.69, 9.17) is 9.84 Å². The highest BCUT2D eigenvalue weighted by atomic mass is 32.2. The fourth-order valence-electron chi connectivity index (χ4n) is 1.48. The number of aliphatic hydroxyl groups excluding tert-OH is 1. The largest absolute Gasteiger partial charge is 0.394 e. The molecule has 0 bridgehead atoms. The Labute approximate surface area is 100 Å². The molecule has 1 unspecified atom stereocenters. The van der Waals surface area contributed by atoms with Gasteiger partial charge in [-0.3, -0.25) is 4.79 Å². The molecule has 0 saturated carbocycles. The lowest BCUT2D eigenvalue weighted by molar-refractivity contribution is -0.121. The van der Waals surface area contributed by atoms with Crippen molar-refractivity contribution in [2.45, 2.75) is 12.5 Å². The molecule has 5 nitrogen and oxygen atoms in total. The van der Waals surface area contributed by atoms with Gasteiger partial charge in [0.15, 0.2) is 0 Å². The normalized spacial score (nSPS) is 20.7. The zero-order chi connectivity index (χ0) is 11.6. The Morgan fingerprint density at radius 3 is 3.12 bits per heavy atom. The van der Waals surface area contributed by atoms with E-state index in [0.29, 0.717) is 32.2 Å². The number of aliphatic hydroxyl groups is 1. The highest BCUT2D eigenvalue weighted by Gasteiger charge is 2.15. The molecular formula is C10H20N2O3S. The fourth-order valence-corrected chi connectivity index (χ4v) is 2.43. The Balaban J connectivity index is 1.97. The number of thioether (sulfide) groups is 1. The molecule has 0 radical (unpaired) electrons. The predicted octanol–water partition coefficient (Wildman–Crippen LogP) is -0.793. The molecule has 1 heterocycles. The van der Waals surface area contributed by atoms with Crippen molar-refractivity contribution in [3.63, 3.8) is 0 Å². The van der Waals surface area contributed by atoms with Crippen molar-refractivity contribution in [3.8, 4) is 0 Å². The standard InChI is InChI=1S/C10H20N2O3S/c13-3-5-15-4-1-12-10(14)7-9-8-16-6-2-11-9/h9,11,13H,1-8H2,(H,12,14). The van der Waals surface area contributed by atoms with E-state index in [1.165, 1.54) is 0 Å². The zero-order valence-corrected chi connectivity index (χ0v) is 10.2. The van der Waals surface area contributed by atoms with Gasteiger partial charge in [-0.05, 0) is 0 Å². The summed E-state index contributed by atoms with van der Waals surface area (Å²) < 4.78 is 5.04. The summed E-state index contributed by atoms with van der Waals surface area (Å²) in [4.78, 5) is 11.5. The molecule has 1 rings (SSSR count). The summed E-state index contributed by atoms with van der Waals surface area (Å²) >= 11 is 1.88. The molecule has 1 saturated heterocycles. The Kier molecular flexibility index (Phi) is 7.58. The lowest BCUT2D eigenvalue weighted by Crippen LogP contribution is -2.41. The number of ether oxygens (including phenoxy) is 1. The van der Waals surface area contributed by atoms with E-state index in [0.717, 1.165) is 18.1 Å². The summed E-state index contributed by atoms with van der Waals surface area (Å²) in [5, 5.41) is 14.6. The van der Waals surface area contributed by atoms with Crippen molar-refractivity contribution in [1.29, 1.82) is 0 Å². The van der Waals surface area contributed by atoms with Crippen LogP contribution in [0.5, 0.6) is 0 Å². The molecule has 0 aromatic rings. The van der Waals surface area contributed by atoms with E-state index >= 15 is 0 Å². The smallest absolute Gasteiger partial charge is 0.221 e. The van der Waals surface area contributed by atoms with Crippen LogP contribution in [0.1, 0.15) is 6.42 Å². The number of carbonyl (C=O) groups excluding carboxylic acids is 1. The molecule has 6 heteroatoms. The van der Waals surface area contributed by atoms with E-state index in [1.54, 1.807) is 0 Å². The minimum absolute atomic E-state index is 0.0250. The Bertz CT molecular complexity index is 199. The van der Waals surface area contributed by atoms with Gasteiger partial charge in [-0.2, -0.15) is 11.8 Å². The first kappa shape index (κ1) is 13.8. The van der Waals surface area contributed by atoms with Crippen LogP contribution in [0.3, 0.4) is 0 Å². The van der Waals surface area contributed by atoms with Crippen LogP contribution >= 0.6 is 11.8 Å². The average molecular weight is 248 g/mol. The maximum Gasteiger partial charge on any atom is 0.221 e. The maximum absolute atomic E-state index is 11.5. The first-order chi connectivity index (χ1) is 7.83. The predicted molar refractivity (Wildman–Crippen MR) is 64.6 cm³/mol. The van der Waals surface area contributed by atoms with Gasteiger partial charge in [-0.25, -0.2) is 0 Å². The monoisotopic (exact) mass is 248 g/mol. The summed E-state index contributed by atoms with van der Waals surface area (Å²) in [6.07, 6.45) is 0.535. The molecule has 3 N–H and O–H groups in total. The maximum atomic E-state index is 11.5. The Morgan fingerprint density at radius 2 is 2.44 bits per heavy atom. The number of amides is 1. The van der Waals surface area contributed by atoms with Crippen LogP contribution in [0.4, 0.5) is 0 Å². The second kappa shape index (κ2) is 8.81. The minimum Gasteiger partial charge on any atom is -0.394 e. The Hall–Kier alpha value is -0.300. The highest BCUT2D eigenvalue weighted by molar-refractivity contribution is 7.99. The number of nitrogens with one attached hydrogen (secondary N) is 2. The van der Waals surface area contributed by atoms with Gasteiger partial charge in [0.1, 0.15) is 0 Å².